The van der Waals surface area contributed by atoms with E-state index in [9.17, 15) is 4.79 Å². The summed E-state index contributed by atoms with van der Waals surface area (Å²) in [5.41, 5.74) is 0.550. The second kappa shape index (κ2) is 5.01. The number of rotatable bonds is 3. The number of nitriles is 1. The molecule has 0 radical (unpaired) electrons. The van der Waals surface area contributed by atoms with E-state index in [2.05, 4.69) is 0 Å². The Morgan fingerprint density at radius 2 is 2.07 bits per heavy atom. The lowest BCUT2D eigenvalue weighted by molar-refractivity contribution is 0.0812. The summed E-state index contributed by atoms with van der Waals surface area (Å²) in [6.07, 6.45) is 0. The average Bonchev–Trinajstić information content (AvgIpc) is 2.28. The quantitative estimate of drug-likeness (QED) is 0.697. The fraction of sp³-hybridized carbons (Fsp3) is 0.273. The fourth-order valence-corrected chi connectivity index (χ4v) is 1.13. The fourth-order valence-electron chi connectivity index (χ4n) is 1.13. The van der Waals surface area contributed by atoms with Gasteiger partial charge in [0.05, 0.1) is 13.2 Å². The number of benzene rings is 1. The zero-order chi connectivity index (χ0) is 11.3. The molecule has 1 aromatic rings. The predicted molar refractivity (Wildman–Crippen MR) is 55.6 cm³/mol. The van der Waals surface area contributed by atoms with E-state index in [1.165, 1.54) is 4.90 Å². The van der Waals surface area contributed by atoms with Crippen LogP contribution in [0.3, 0.4) is 0 Å². The number of amides is 1. The first kappa shape index (κ1) is 11.1. The van der Waals surface area contributed by atoms with Crippen LogP contribution in [0.2, 0.25) is 0 Å². The molecule has 0 aromatic heterocycles. The van der Waals surface area contributed by atoms with E-state index < -0.39 is 0 Å². The zero-order valence-electron chi connectivity index (χ0n) is 8.73. The van der Waals surface area contributed by atoms with Crippen molar-refractivity contribution in [2.75, 3.05) is 20.7 Å². The number of nitrogens with zero attached hydrogens (tertiary/aromatic N) is 2. The summed E-state index contributed by atoms with van der Waals surface area (Å²) in [4.78, 5) is 13.0. The van der Waals surface area contributed by atoms with E-state index in [0.717, 1.165) is 0 Å². The van der Waals surface area contributed by atoms with Crippen molar-refractivity contribution in [3.8, 4) is 11.8 Å². The van der Waals surface area contributed by atoms with Gasteiger partial charge in [-0.05, 0) is 24.3 Å². The highest BCUT2D eigenvalue weighted by atomic mass is 16.5. The van der Waals surface area contributed by atoms with Crippen molar-refractivity contribution in [1.29, 1.82) is 5.26 Å². The molecule has 0 bridgehead atoms. The molecule has 0 atom stereocenters. The van der Waals surface area contributed by atoms with Crippen LogP contribution in [-0.4, -0.2) is 31.5 Å². The lowest BCUT2D eigenvalue weighted by Crippen LogP contribution is -2.26. The molecule has 0 aliphatic heterocycles. The summed E-state index contributed by atoms with van der Waals surface area (Å²) in [5.74, 6) is 0.536. The summed E-state index contributed by atoms with van der Waals surface area (Å²) in [5, 5.41) is 8.45. The minimum Gasteiger partial charge on any atom is -0.497 e. The molecular weight excluding hydrogens is 192 g/mol. The Labute approximate surface area is 88.7 Å². The topological polar surface area (TPSA) is 53.3 Å². The Kier molecular flexibility index (Phi) is 3.69. The largest absolute Gasteiger partial charge is 0.497 e. The van der Waals surface area contributed by atoms with Crippen LogP contribution in [0.25, 0.3) is 0 Å². The molecule has 15 heavy (non-hydrogen) atoms. The van der Waals surface area contributed by atoms with Crippen LogP contribution in [0, 0.1) is 11.3 Å². The van der Waals surface area contributed by atoms with Crippen molar-refractivity contribution < 1.29 is 9.53 Å². The molecule has 0 spiro atoms. The molecule has 0 aliphatic carbocycles. The van der Waals surface area contributed by atoms with Gasteiger partial charge in [0.25, 0.3) is 5.91 Å². The maximum absolute atomic E-state index is 11.7. The first-order valence-corrected chi connectivity index (χ1v) is 4.45. The van der Waals surface area contributed by atoms with Crippen molar-refractivity contribution >= 4 is 5.91 Å². The van der Waals surface area contributed by atoms with Gasteiger partial charge >= 0.3 is 0 Å². The third kappa shape index (κ3) is 2.71. The third-order valence-electron chi connectivity index (χ3n) is 1.99. The van der Waals surface area contributed by atoms with Gasteiger partial charge in [-0.15, -0.1) is 0 Å². The van der Waals surface area contributed by atoms with Gasteiger partial charge in [0, 0.05) is 12.6 Å². The van der Waals surface area contributed by atoms with Gasteiger partial charge < -0.3 is 9.64 Å². The maximum atomic E-state index is 11.7. The average molecular weight is 204 g/mol. The molecule has 1 amide bonds. The van der Waals surface area contributed by atoms with Crippen molar-refractivity contribution in [2.24, 2.45) is 0 Å². The Balaban J connectivity index is 2.79. The van der Waals surface area contributed by atoms with Crippen molar-refractivity contribution in [1.82, 2.24) is 4.90 Å². The van der Waals surface area contributed by atoms with Crippen LogP contribution < -0.4 is 4.74 Å². The smallest absolute Gasteiger partial charge is 0.254 e. The minimum absolute atomic E-state index is 0.0882. The normalized spacial score (nSPS) is 9.13. The van der Waals surface area contributed by atoms with Crippen LogP contribution in [0.15, 0.2) is 24.3 Å². The van der Waals surface area contributed by atoms with Crippen LogP contribution in [0.5, 0.6) is 5.75 Å². The highest BCUT2D eigenvalue weighted by molar-refractivity contribution is 5.94. The van der Waals surface area contributed by atoms with Crippen LogP contribution in [-0.2, 0) is 0 Å². The zero-order valence-corrected chi connectivity index (χ0v) is 8.73. The molecule has 4 nitrogen and oxygen atoms in total. The molecule has 0 N–H and O–H groups in total. The van der Waals surface area contributed by atoms with Crippen LogP contribution in [0.4, 0.5) is 0 Å². The van der Waals surface area contributed by atoms with E-state index in [0.29, 0.717) is 11.3 Å². The first-order chi connectivity index (χ1) is 7.19. The van der Waals surface area contributed by atoms with E-state index in [4.69, 9.17) is 10.00 Å². The van der Waals surface area contributed by atoms with Gasteiger partial charge in [-0.1, -0.05) is 0 Å². The second-order valence-corrected chi connectivity index (χ2v) is 3.05. The molecule has 0 saturated heterocycles. The molecule has 0 fully saturated rings. The Hall–Kier alpha value is -2.02. The van der Waals surface area contributed by atoms with E-state index >= 15 is 0 Å². The number of ether oxygens (including phenoxy) is 1. The second-order valence-electron chi connectivity index (χ2n) is 3.05. The Morgan fingerprint density at radius 3 is 2.53 bits per heavy atom. The number of hydrogen-bond donors (Lipinski definition) is 0. The van der Waals surface area contributed by atoms with Gasteiger partial charge in [-0.3, -0.25) is 4.79 Å². The lowest BCUT2D eigenvalue weighted by Gasteiger charge is -2.12. The highest BCUT2D eigenvalue weighted by Crippen LogP contribution is 2.12. The maximum Gasteiger partial charge on any atom is 0.254 e. The summed E-state index contributed by atoms with van der Waals surface area (Å²) >= 11 is 0. The monoisotopic (exact) mass is 204 g/mol. The molecule has 1 aromatic carbocycles. The van der Waals surface area contributed by atoms with Crippen molar-refractivity contribution in [2.45, 2.75) is 0 Å². The standard InChI is InChI=1S/C11H12N2O2/c1-13(8-7-12)11(14)9-3-5-10(15-2)6-4-9/h3-6H,8H2,1-2H3. The van der Waals surface area contributed by atoms with Crippen molar-refractivity contribution in [3.63, 3.8) is 0 Å². The minimum atomic E-state index is -0.167. The molecule has 0 heterocycles. The first-order valence-electron chi connectivity index (χ1n) is 4.45. The van der Waals surface area contributed by atoms with Gasteiger partial charge in [-0.2, -0.15) is 5.26 Å². The summed E-state index contributed by atoms with van der Waals surface area (Å²) in [6, 6.07) is 8.70. The molecule has 4 heteroatoms. The SMILES string of the molecule is COc1ccc(C(=O)N(C)CC#N)cc1. The number of hydrogen-bond acceptors (Lipinski definition) is 3. The van der Waals surface area contributed by atoms with Gasteiger partial charge in [0.1, 0.15) is 12.3 Å². The van der Waals surface area contributed by atoms with Gasteiger partial charge in [0.15, 0.2) is 0 Å². The highest BCUT2D eigenvalue weighted by Gasteiger charge is 2.10. The summed E-state index contributed by atoms with van der Waals surface area (Å²) in [7, 11) is 3.16. The number of methoxy groups -OCH3 is 1. The van der Waals surface area contributed by atoms with Crippen LogP contribution in [0.1, 0.15) is 10.4 Å². The Bertz CT molecular complexity index is 379. The van der Waals surface area contributed by atoms with Gasteiger partial charge in [-0.25, -0.2) is 0 Å². The molecule has 1 rings (SSSR count). The van der Waals surface area contributed by atoms with E-state index in [-0.39, 0.29) is 12.5 Å². The molecule has 0 saturated carbocycles. The predicted octanol–water partition coefficient (Wildman–Crippen LogP) is 1.29. The molecule has 0 unspecified atom stereocenters. The van der Waals surface area contributed by atoms with Crippen LogP contribution >= 0.6 is 0 Å². The number of carbonyl (C=O) groups is 1. The third-order valence-corrected chi connectivity index (χ3v) is 1.99. The summed E-state index contributed by atoms with van der Waals surface area (Å²) < 4.78 is 4.98. The number of carbonyl (C=O) groups excluding carboxylic acids is 1. The molecule has 0 aliphatic rings. The lowest BCUT2D eigenvalue weighted by atomic mass is 10.2. The van der Waals surface area contributed by atoms with Gasteiger partial charge in [0.2, 0.25) is 0 Å². The Morgan fingerprint density at radius 1 is 1.47 bits per heavy atom. The summed E-state index contributed by atoms with van der Waals surface area (Å²) in [6.45, 7) is 0.0882. The van der Waals surface area contributed by atoms with E-state index in [1.54, 1.807) is 38.4 Å². The molecule has 78 valence electrons. The van der Waals surface area contributed by atoms with Crippen molar-refractivity contribution in [3.05, 3.63) is 29.8 Å². The molecular formula is C11H12N2O2. The van der Waals surface area contributed by atoms with E-state index in [1.807, 2.05) is 6.07 Å².